The summed E-state index contributed by atoms with van der Waals surface area (Å²) in [5.41, 5.74) is 6.08. The predicted molar refractivity (Wildman–Crippen MR) is 62.0 cm³/mol. The summed E-state index contributed by atoms with van der Waals surface area (Å²) in [4.78, 5) is 0. The van der Waals surface area contributed by atoms with Gasteiger partial charge in [0.2, 0.25) is 0 Å². The molecule has 0 fully saturated rings. The lowest BCUT2D eigenvalue weighted by Crippen LogP contribution is -1.93. The second-order valence-corrected chi connectivity index (χ2v) is 3.54. The van der Waals surface area contributed by atoms with Gasteiger partial charge in [0.1, 0.15) is 17.6 Å². The molecule has 0 radical (unpaired) electrons. The van der Waals surface area contributed by atoms with Crippen LogP contribution in [-0.2, 0) is 0 Å². The van der Waals surface area contributed by atoms with Crippen LogP contribution in [0.1, 0.15) is 5.56 Å². The number of benzene rings is 2. The molecule has 2 N–H and O–H groups in total. The van der Waals surface area contributed by atoms with E-state index in [4.69, 9.17) is 15.7 Å². The summed E-state index contributed by atoms with van der Waals surface area (Å²) in [6, 6.07) is 9.23. The molecule has 0 aromatic heterocycles. The Morgan fingerprint density at radius 3 is 2.56 bits per heavy atom. The molecular formula is C13H8F2N2O. The van der Waals surface area contributed by atoms with Crippen LogP contribution < -0.4 is 10.5 Å². The molecule has 90 valence electrons. The van der Waals surface area contributed by atoms with Gasteiger partial charge in [-0.2, -0.15) is 5.26 Å². The molecule has 0 spiro atoms. The Hall–Kier alpha value is -2.61. The number of nitrogens with zero attached hydrogens (tertiary/aromatic N) is 1. The molecule has 0 aliphatic carbocycles. The van der Waals surface area contributed by atoms with Crippen molar-refractivity contribution in [3.63, 3.8) is 0 Å². The van der Waals surface area contributed by atoms with E-state index >= 15 is 0 Å². The summed E-state index contributed by atoms with van der Waals surface area (Å²) in [5, 5.41) is 8.79. The van der Waals surface area contributed by atoms with Crippen LogP contribution >= 0.6 is 0 Å². The van der Waals surface area contributed by atoms with Crippen LogP contribution in [0.5, 0.6) is 11.5 Å². The Kier molecular flexibility index (Phi) is 3.11. The first-order valence-corrected chi connectivity index (χ1v) is 5.02. The monoisotopic (exact) mass is 246 g/mol. The molecule has 0 heterocycles. The third kappa shape index (κ3) is 2.38. The van der Waals surface area contributed by atoms with Crippen LogP contribution in [0, 0.1) is 23.0 Å². The second-order valence-electron chi connectivity index (χ2n) is 3.54. The first kappa shape index (κ1) is 11.9. The summed E-state index contributed by atoms with van der Waals surface area (Å²) in [6.45, 7) is 0. The van der Waals surface area contributed by atoms with E-state index < -0.39 is 11.6 Å². The van der Waals surface area contributed by atoms with Gasteiger partial charge in [0.25, 0.3) is 0 Å². The average Bonchev–Trinajstić information content (AvgIpc) is 2.35. The maximum Gasteiger partial charge on any atom is 0.168 e. The van der Waals surface area contributed by atoms with Crippen molar-refractivity contribution in [1.82, 2.24) is 0 Å². The van der Waals surface area contributed by atoms with Crippen LogP contribution in [0.2, 0.25) is 0 Å². The molecule has 0 atom stereocenters. The minimum Gasteiger partial charge on any atom is -0.454 e. The summed E-state index contributed by atoms with van der Waals surface area (Å²) >= 11 is 0. The van der Waals surface area contributed by atoms with E-state index in [2.05, 4.69) is 0 Å². The fourth-order valence-corrected chi connectivity index (χ4v) is 1.38. The van der Waals surface area contributed by atoms with Crippen molar-refractivity contribution in [3.05, 3.63) is 53.6 Å². The van der Waals surface area contributed by atoms with Gasteiger partial charge in [0, 0.05) is 17.8 Å². The molecule has 0 saturated heterocycles. The van der Waals surface area contributed by atoms with E-state index in [0.717, 1.165) is 12.1 Å². The van der Waals surface area contributed by atoms with Crippen molar-refractivity contribution in [1.29, 1.82) is 5.26 Å². The Labute approximate surface area is 102 Å². The van der Waals surface area contributed by atoms with Crippen molar-refractivity contribution in [3.8, 4) is 17.6 Å². The molecule has 0 saturated carbocycles. The zero-order valence-electron chi connectivity index (χ0n) is 9.15. The van der Waals surface area contributed by atoms with E-state index in [1.54, 1.807) is 0 Å². The number of nitrogens with two attached hydrogens (primary N) is 1. The normalized spacial score (nSPS) is 9.83. The second kappa shape index (κ2) is 4.72. The minimum atomic E-state index is -0.815. The predicted octanol–water partition coefficient (Wildman–Crippen LogP) is 3.21. The highest BCUT2D eigenvalue weighted by atomic mass is 19.1. The van der Waals surface area contributed by atoms with Gasteiger partial charge in [-0.05, 0) is 24.3 Å². The number of anilines is 1. The van der Waals surface area contributed by atoms with E-state index in [0.29, 0.717) is 5.69 Å². The molecule has 3 nitrogen and oxygen atoms in total. The standard InChI is InChI=1S/C13H8F2N2O/c14-9-1-4-13(11(15)6-9)18-10-2-3-12(17)8(5-10)7-16/h1-6H,17H2. The largest absolute Gasteiger partial charge is 0.454 e. The van der Waals surface area contributed by atoms with Gasteiger partial charge in [0.05, 0.1) is 5.56 Å². The number of hydrogen-bond acceptors (Lipinski definition) is 3. The Morgan fingerprint density at radius 2 is 1.89 bits per heavy atom. The van der Waals surface area contributed by atoms with E-state index in [9.17, 15) is 8.78 Å². The SMILES string of the molecule is N#Cc1cc(Oc2ccc(F)cc2F)ccc1N. The van der Waals surface area contributed by atoms with Crippen LogP contribution in [0.15, 0.2) is 36.4 Å². The summed E-state index contributed by atoms with van der Waals surface area (Å²) < 4.78 is 31.3. The van der Waals surface area contributed by atoms with Gasteiger partial charge in [-0.25, -0.2) is 8.78 Å². The average molecular weight is 246 g/mol. The Bertz CT molecular complexity index is 635. The highest BCUT2D eigenvalue weighted by Gasteiger charge is 2.07. The number of ether oxygens (including phenoxy) is 1. The number of halogens is 2. The van der Waals surface area contributed by atoms with Crippen molar-refractivity contribution in [2.75, 3.05) is 5.73 Å². The molecule has 2 aromatic rings. The lowest BCUT2D eigenvalue weighted by Gasteiger charge is -2.07. The zero-order chi connectivity index (χ0) is 13.1. The summed E-state index contributed by atoms with van der Waals surface area (Å²) in [6.07, 6.45) is 0. The molecule has 0 amide bonds. The van der Waals surface area contributed by atoms with Crippen LogP contribution in [0.3, 0.4) is 0 Å². The Morgan fingerprint density at radius 1 is 1.11 bits per heavy atom. The summed E-state index contributed by atoms with van der Waals surface area (Å²) in [7, 11) is 0. The number of nitriles is 1. The van der Waals surface area contributed by atoms with Gasteiger partial charge in [0.15, 0.2) is 11.6 Å². The molecular weight excluding hydrogens is 238 g/mol. The highest BCUT2D eigenvalue weighted by molar-refractivity contribution is 5.57. The molecule has 0 aliphatic heterocycles. The maximum atomic E-state index is 13.3. The van der Waals surface area contributed by atoms with Crippen molar-refractivity contribution >= 4 is 5.69 Å². The molecule has 5 heteroatoms. The smallest absolute Gasteiger partial charge is 0.168 e. The third-order valence-electron chi connectivity index (χ3n) is 2.27. The minimum absolute atomic E-state index is 0.120. The quantitative estimate of drug-likeness (QED) is 0.827. The fraction of sp³-hybridized carbons (Fsp3) is 0. The lowest BCUT2D eigenvalue weighted by atomic mass is 10.2. The van der Waals surface area contributed by atoms with E-state index in [-0.39, 0.29) is 17.1 Å². The van der Waals surface area contributed by atoms with Gasteiger partial charge >= 0.3 is 0 Å². The maximum absolute atomic E-state index is 13.3. The van der Waals surface area contributed by atoms with Gasteiger partial charge in [-0.3, -0.25) is 0 Å². The van der Waals surface area contributed by atoms with E-state index in [1.807, 2.05) is 6.07 Å². The summed E-state index contributed by atoms with van der Waals surface area (Å²) in [5.74, 6) is -1.36. The lowest BCUT2D eigenvalue weighted by molar-refractivity contribution is 0.437. The topological polar surface area (TPSA) is 59.0 Å². The first-order valence-electron chi connectivity index (χ1n) is 5.02. The van der Waals surface area contributed by atoms with Crippen LogP contribution in [0.25, 0.3) is 0 Å². The van der Waals surface area contributed by atoms with Gasteiger partial charge < -0.3 is 10.5 Å². The first-order chi connectivity index (χ1) is 8.60. The fourth-order valence-electron chi connectivity index (χ4n) is 1.38. The van der Waals surface area contributed by atoms with Gasteiger partial charge in [-0.15, -0.1) is 0 Å². The van der Waals surface area contributed by atoms with Gasteiger partial charge in [-0.1, -0.05) is 0 Å². The molecule has 0 unspecified atom stereocenters. The van der Waals surface area contributed by atoms with Crippen molar-refractivity contribution in [2.45, 2.75) is 0 Å². The number of rotatable bonds is 2. The molecule has 2 rings (SSSR count). The third-order valence-corrected chi connectivity index (χ3v) is 2.27. The number of nitrogen functional groups attached to an aromatic ring is 1. The molecule has 2 aromatic carbocycles. The van der Waals surface area contributed by atoms with Crippen LogP contribution in [0.4, 0.5) is 14.5 Å². The molecule has 0 bridgehead atoms. The van der Waals surface area contributed by atoms with Crippen molar-refractivity contribution in [2.24, 2.45) is 0 Å². The van der Waals surface area contributed by atoms with Crippen LogP contribution in [-0.4, -0.2) is 0 Å². The molecule has 18 heavy (non-hydrogen) atoms. The highest BCUT2D eigenvalue weighted by Crippen LogP contribution is 2.27. The number of hydrogen-bond donors (Lipinski definition) is 1. The van der Waals surface area contributed by atoms with Crippen molar-refractivity contribution < 1.29 is 13.5 Å². The molecule has 0 aliphatic rings. The Balaban J connectivity index is 2.32. The zero-order valence-corrected chi connectivity index (χ0v) is 9.15. The van der Waals surface area contributed by atoms with E-state index in [1.165, 1.54) is 24.3 Å².